The van der Waals surface area contributed by atoms with Crippen LogP contribution in [0.3, 0.4) is 0 Å². The molecule has 0 atom stereocenters. The maximum absolute atomic E-state index is 11.7. The number of rotatable bonds is 2. The lowest BCUT2D eigenvalue weighted by Gasteiger charge is -2.08. The molecule has 2 rings (SSSR count). The molecule has 0 saturated heterocycles. The summed E-state index contributed by atoms with van der Waals surface area (Å²) >= 11 is 0. The first-order valence-electron chi connectivity index (χ1n) is 5.26. The van der Waals surface area contributed by atoms with Gasteiger partial charge in [-0.25, -0.2) is 0 Å². The van der Waals surface area contributed by atoms with Gasteiger partial charge in [0.1, 0.15) is 0 Å². The predicted molar refractivity (Wildman–Crippen MR) is 61.4 cm³/mol. The molecule has 0 saturated carbocycles. The standard InChI is InChI=1S/C13H15NO/c1-9(2)14-13(15)12-7-10-5-3-4-6-11(10)8-12/h3-7,9H,8H2,1-2H3,(H,14,15). The van der Waals surface area contributed by atoms with Gasteiger partial charge in [0.15, 0.2) is 0 Å². The van der Waals surface area contributed by atoms with Gasteiger partial charge in [0.25, 0.3) is 0 Å². The van der Waals surface area contributed by atoms with E-state index in [2.05, 4.69) is 11.4 Å². The van der Waals surface area contributed by atoms with Crippen molar-refractivity contribution in [1.29, 1.82) is 0 Å². The lowest BCUT2D eigenvalue weighted by atomic mass is 10.1. The summed E-state index contributed by atoms with van der Waals surface area (Å²) in [6.07, 6.45) is 2.74. The first-order chi connectivity index (χ1) is 7.16. The molecule has 78 valence electrons. The summed E-state index contributed by atoms with van der Waals surface area (Å²) in [6, 6.07) is 8.32. The highest BCUT2D eigenvalue weighted by Crippen LogP contribution is 2.24. The van der Waals surface area contributed by atoms with Crippen molar-refractivity contribution in [1.82, 2.24) is 5.32 Å². The minimum Gasteiger partial charge on any atom is -0.350 e. The number of benzene rings is 1. The predicted octanol–water partition coefficient (Wildman–Crippen LogP) is 2.15. The van der Waals surface area contributed by atoms with E-state index in [1.54, 1.807) is 0 Å². The molecule has 0 radical (unpaired) electrons. The number of fused-ring (bicyclic) bond motifs is 1. The molecule has 0 aliphatic heterocycles. The topological polar surface area (TPSA) is 29.1 Å². The molecule has 0 bridgehead atoms. The van der Waals surface area contributed by atoms with Crippen molar-refractivity contribution < 1.29 is 4.79 Å². The molecular formula is C13H15NO. The number of nitrogens with one attached hydrogen (secondary N) is 1. The summed E-state index contributed by atoms with van der Waals surface area (Å²) in [5.41, 5.74) is 3.28. The van der Waals surface area contributed by atoms with E-state index >= 15 is 0 Å². The Hall–Kier alpha value is -1.57. The van der Waals surface area contributed by atoms with Gasteiger partial charge in [0.2, 0.25) is 5.91 Å². The van der Waals surface area contributed by atoms with Crippen molar-refractivity contribution in [2.45, 2.75) is 26.3 Å². The highest BCUT2D eigenvalue weighted by molar-refractivity contribution is 6.00. The van der Waals surface area contributed by atoms with Crippen molar-refractivity contribution in [3.63, 3.8) is 0 Å². The molecule has 1 aromatic rings. The third-order valence-electron chi connectivity index (χ3n) is 2.48. The Labute approximate surface area is 90.0 Å². The molecule has 0 heterocycles. The number of carbonyl (C=O) groups is 1. The molecule has 1 N–H and O–H groups in total. The first-order valence-corrected chi connectivity index (χ1v) is 5.26. The van der Waals surface area contributed by atoms with E-state index in [1.165, 1.54) is 11.1 Å². The van der Waals surface area contributed by atoms with E-state index in [-0.39, 0.29) is 11.9 Å². The molecule has 1 aromatic carbocycles. The van der Waals surface area contributed by atoms with Gasteiger partial charge in [0.05, 0.1) is 0 Å². The van der Waals surface area contributed by atoms with Gasteiger partial charge in [-0.05, 0) is 31.1 Å². The Morgan fingerprint density at radius 2 is 2.07 bits per heavy atom. The third-order valence-corrected chi connectivity index (χ3v) is 2.48. The second-order valence-corrected chi connectivity index (χ2v) is 4.17. The van der Waals surface area contributed by atoms with E-state index in [9.17, 15) is 4.79 Å². The summed E-state index contributed by atoms with van der Waals surface area (Å²) in [4.78, 5) is 11.7. The van der Waals surface area contributed by atoms with Crippen LogP contribution in [0.15, 0.2) is 29.8 Å². The average molecular weight is 201 g/mol. The van der Waals surface area contributed by atoms with Crippen LogP contribution >= 0.6 is 0 Å². The van der Waals surface area contributed by atoms with Gasteiger partial charge < -0.3 is 5.32 Å². The second-order valence-electron chi connectivity index (χ2n) is 4.17. The Morgan fingerprint density at radius 1 is 1.33 bits per heavy atom. The van der Waals surface area contributed by atoms with Gasteiger partial charge in [0, 0.05) is 18.0 Å². The molecule has 0 fully saturated rings. The van der Waals surface area contributed by atoms with Crippen molar-refractivity contribution in [3.8, 4) is 0 Å². The fourth-order valence-corrected chi connectivity index (χ4v) is 1.78. The fourth-order valence-electron chi connectivity index (χ4n) is 1.78. The molecule has 0 unspecified atom stereocenters. The van der Waals surface area contributed by atoms with E-state index in [4.69, 9.17) is 0 Å². The van der Waals surface area contributed by atoms with Crippen LogP contribution in [-0.4, -0.2) is 11.9 Å². The maximum atomic E-state index is 11.7. The summed E-state index contributed by atoms with van der Waals surface area (Å²) in [5.74, 6) is 0.0567. The Balaban J connectivity index is 2.14. The molecule has 0 aromatic heterocycles. The first kappa shape index (κ1) is 9.97. The van der Waals surface area contributed by atoms with E-state index in [0.29, 0.717) is 0 Å². The average Bonchev–Trinajstić information content (AvgIpc) is 2.59. The number of hydrogen-bond donors (Lipinski definition) is 1. The van der Waals surface area contributed by atoms with Crippen LogP contribution in [0.4, 0.5) is 0 Å². The normalized spacial score (nSPS) is 13.7. The van der Waals surface area contributed by atoms with Crippen molar-refractivity contribution in [2.24, 2.45) is 0 Å². The lowest BCUT2D eigenvalue weighted by molar-refractivity contribution is -0.117. The lowest BCUT2D eigenvalue weighted by Crippen LogP contribution is -2.31. The van der Waals surface area contributed by atoms with Crippen LogP contribution in [0.5, 0.6) is 0 Å². The zero-order valence-electron chi connectivity index (χ0n) is 9.08. The van der Waals surface area contributed by atoms with Gasteiger partial charge in [-0.2, -0.15) is 0 Å². The summed E-state index contributed by atoms with van der Waals surface area (Å²) in [7, 11) is 0. The minimum atomic E-state index is 0.0567. The molecule has 1 aliphatic carbocycles. The highest BCUT2D eigenvalue weighted by atomic mass is 16.1. The summed E-state index contributed by atoms with van der Waals surface area (Å²) < 4.78 is 0. The Bertz CT molecular complexity index is 418. The zero-order valence-corrected chi connectivity index (χ0v) is 9.08. The Kier molecular flexibility index (Phi) is 2.58. The van der Waals surface area contributed by atoms with E-state index in [0.717, 1.165) is 12.0 Å². The van der Waals surface area contributed by atoms with Crippen molar-refractivity contribution >= 4 is 12.0 Å². The maximum Gasteiger partial charge on any atom is 0.247 e. The summed E-state index contributed by atoms with van der Waals surface area (Å²) in [5, 5.41) is 2.91. The van der Waals surface area contributed by atoms with Crippen LogP contribution in [0.2, 0.25) is 0 Å². The monoisotopic (exact) mass is 201 g/mol. The van der Waals surface area contributed by atoms with E-state index < -0.39 is 0 Å². The van der Waals surface area contributed by atoms with Crippen LogP contribution in [0.25, 0.3) is 6.08 Å². The van der Waals surface area contributed by atoms with E-state index in [1.807, 2.05) is 38.1 Å². The smallest absolute Gasteiger partial charge is 0.247 e. The summed E-state index contributed by atoms with van der Waals surface area (Å²) in [6.45, 7) is 3.95. The molecule has 2 nitrogen and oxygen atoms in total. The number of amides is 1. The number of hydrogen-bond acceptors (Lipinski definition) is 1. The zero-order chi connectivity index (χ0) is 10.8. The minimum absolute atomic E-state index is 0.0567. The highest BCUT2D eigenvalue weighted by Gasteiger charge is 2.17. The SMILES string of the molecule is CC(C)NC(=O)C1=Cc2ccccc2C1. The van der Waals surface area contributed by atoms with Crippen molar-refractivity contribution in [3.05, 3.63) is 41.0 Å². The molecular weight excluding hydrogens is 186 g/mol. The van der Waals surface area contributed by atoms with Gasteiger partial charge in [-0.3, -0.25) is 4.79 Å². The van der Waals surface area contributed by atoms with Gasteiger partial charge in [-0.1, -0.05) is 24.3 Å². The quantitative estimate of drug-likeness (QED) is 0.780. The second kappa shape index (κ2) is 3.89. The van der Waals surface area contributed by atoms with Crippen molar-refractivity contribution in [2.75, 3.05) is 0 Å². The van der Waals surface area contributed by atoms with Gasteiger partial charge in [-0.15, -0.1) is 0 Å². The number of carbonyl (C=O) groups excluding carboxylic acids is 1. The van der Waals surface area contributed by atoms with Crippen LogP contribution in [0, 0.1) is 0 Å². The molecule has 15 heavy (non-hydrogen) atoms. The molecule has 1 aliphatic rings. The Morgan fingerprint density at radius 3 is 2.73 bits per heavy atom. The molecule has 0 spiro atoms. The largest absolute Gasteiger partial charge is 0.350 e. The van der Waals surface area contributed by atoms with Crippen LogP contribution in [-0.2, 0) is 11.2 Å². The van der Waals surface area contributed by atoms with Crippen LogP contribution in [0.1, 0.15) is 25.0 Å². The van der Waals surface area contributed by atoms with Gasteiger partial charge >= 0.3 is 0 Å². The third kappa shape index (κ3) is 2.09. The fraction of sp³-hybridized carbons (Fsp3) is 0.308. The molecule has 1 amide bonds. The van der Waals surface area contributed by atoms with Crippen LogP contribution < -0.4 is 5.32 Å². The molecule has 2 heteroatoms.